The van der Waals surface area contributed by atoms with Gasteiger partial charge in [-0.1, -0.05) is 72.5 Å². The molecule has 1 heterocycles. The fourth-order valence-electron chi connectivity index (χ4n) is 2.80. The van der Waals surface area contributed by atoms with Crippen molar-refractivity contribution in [1.29, 1.82) is 0 Å². The Labute approximate surface area is 166 Å². The van der Waals surface area contributed by atoms with Gasteiger partial charge in [-0.05, 0) is 17.7 Å². The Bertz CT molecular complexity index is 911. The number of methoxy groups -OCH3 is 1. The van der Waals surface area contributed by atoms with Crippen LogP contribution < -0.4 is 4.74 Å². The van der Waals surface area contributed by atoms with E-state index < -0.39 is 17.9 Å². The number of aliphatic carboxylic acids is 1. The number of para-hydroxylation sites is 1. The van der Waals surface area contributed by atoms with Gasteiger partial charge in [0.05, 0.1) is 12.0 Å². The van der Waals surface area contributed by atoms with Crippen molar-refractivity contribution in [2.45, 2.75) is 12.5 Å². The molecule has 1 N–H and O–H groups in total. The van der Waals surface area contributed by atoms with Crippen molar-refractivity contribution in [3.8, 4) is 5.75 Å². The fraction of sp³-hybridized carbons (Fsp3) is 0.150. The molecule has 1 amide bonds. The molecule has 0 spiro atoms. The lowest BCUT2D eigenvalue weighted by molar-refractivity contribution is -0.145. The Morgan fingerprint density at radius 1 is 1.22 bits per heavy atom. The van der Waals surface area contributed by atoms with Crippen LogP contribution in [0.15, 0.2) is 59.5 Å². The molecule has 1 fully saturated rings. The van der Waals surface area contributed by atoms with Crippen LogP contribution in [0.25, 0.3) is 6.08 Å². The predicted molar refractivity (Wildman–Crippen MR) is 110 cm³/mol. The van der Waals surface area contributed by atoms with Crippen LogP contribution in [0.1, 0.15) is 11.1 Å². The third-order valence-corrected chi connectivity index (χ3v) is 5.45. The average Bonchev–Trinajstić information content (AvgIpc) is 2.94. The van der Waals surface area contributed by atoms with Gasteiger partial charge in [0.2, 0.25) is 0 Å². The summed E-state index contributed by atoms with van der Waals surface area (Å²) < 4.78 is 5.54. The maximum Gasteiger partial charge on any atom is 0.327 e. The van der Waals surface area contributed by atoms with Crippen LogP contribution in [0.2, 0.25) is 0 Å². The lowest BCUT2D eigenvalue weighted by Crippen LogP contribution is -2.45. The normalized spacial score (nSPS) is 16.6. The van der Waals surface area contributed by atoms with Crippen LogP contribution >= 0.6 is 24.0 Å². The van der Waals surface area contributed by atoms with Gasteiger partial charge in [-0.15, -0.1) is 0 Å². The number of nitrogens with zero attached hydrogens (tertiary/aromatic N) is 1. The number of hydrogen-bond acceptors (Lipinski definition) is 5. The molecule has 27 heavy (non-hydrogen) atoms. The predicted octanol–water partition coefficient (Wildman–Crippen LogP) is 3.59. The first kappa shape index (κ1) is 19.1. The Morgan fingerprint density at radius 3 is 2.56 bits per heavy atom. The molecule has 0 bridgehead atoms. The van der Waals surface area contributed by atoms with Crippen LogP contribution in [0.4, 0.5) is 0 Å². The SMILES string of the molecule is COc1ccccc1/C=C1\SC(=S)N([C@H](Cc2ccccc2)C(=O)O)C1=O. The summed E-state index contributed by atoms with van der Waals surface area (Å²) in [6.07, 6.45) is 1.87. The van der Waals surface area contributed by atoms with E-state index in [0.29, 0.717) is 10.7 Å². The van der Waals surface area contributed by atoms with Crippen LogP contribution in [0.5, 0.6) is 5.75 Å². The molecule has 2 aromatic carbocycles. The van der Waals surface area contributed by atoms with Crippen molar-refractivity contribution in [3.63, 3.8) is 0 Å². The van der Waals surface area contributed by atoms with Crippen molar-refractivity contribution in [2.24, 2.45) is 0 Å². The molecule has 0 aromatic heterocycles. The number of carbonyl (C=O) groups excluding carboxylic acids is 1. The quantitative estimate of drug-likeness (QED) is 0.591. The summed E-state index contributed by atoms with van der Waals surface area (Å²) in [6, 6.07) is 15.4. The summed E-state index contributed by atoms with van der Waals surface area (Å²) in [5.41, 5.74) is 1.56. The molecule has 5 nitrogen and oxygen atoms in total. The van der Waals surface area contributed by atoms with Gasteiger partial charge in [0.25, 0.3) is 5.91 Å². The first-order chi connectivity index (χ1) is 13.0. The highest BCUT2D eigenvalue weighted by Gasteiger charge is 2.40. The van der Waals surface area contributed by atoms with E-state index in [0.717, 1.165) is 22.9 Å². The summed E-state index contributed by atoms with van der Waals surface area (Å²) in [6.45, 7) is 0. The van der Waals surface area contributed by atoms with E-state index in [4.69, 9.17) is 17.0 Å². The Hall–Kier alpha value is -2.64. The highest BCUT2D eigenvalue weighted by molar-refractivity contribution is 8.26. The van der Waals surface area contributed by atoms with Gasteiger partial charge in [0, 0.05) is 12.0 Å². The molecule has 1 aliphatic rings. The Balaban J connectivity index is 1.90. The van der Waals surface area contributed by atoms with Gasteiger partial charge < -0.3 is 9.84 Å². The summed E-state index contributed by atoms with van der Waals surface area (Å²) in [5.74, 6) is -0.866. The molecule has 7 heteroatoms. The number of carboxylic acid groups (broad SMARTS) is 1. The second-order valence-corrected chi connectivity index (χ2v) is 7.51. The number of amides is 1. The molecular formula is C20H17NO4S2. The third-order valence-electron chi connectivity index (χ3n) is 4.12. The molecule has 1 aliphatic heterocycles. The van der Waals surface area contributed by atoms with Gasteiger partial charge in [-0.25, -0.2) is 4.79 Å². The second kappa shape index (κ2) is 8.37. The fourth-order valence-corrected chi connectivity index (χ4v) is 4.15. The molecule has 0 unspecified atom stereocenters. The number of carbonyl (C=O) groups is 2. The minimum Gasteiger partial charge on any atom is -0.496 e. The minimum absolute atomic E-state index is 0.185. The van der Waals surface area contributed by atoms with Crippen LogP contribution in [-0.2, 0) is 16.0 Å². The van der Waals surface area contributed by atoms with Gasteiger partial charge in [0.1, 0.15) is 16.1 Å². The molecule has 0 radical (unpaired) electrons. The number of ether oxygens (including phenoxy) is 1. The Morgan fingerprint density at radius 2 is 1.89 bits per heavy atom. The maximum absolute atomic E-state index is 12.9. The lowest BCUT2D eigenvalue weighted by Gasteiger charge is -2.23. The topological polar surface area (TPSA) is 66.8 Å². The van der Waals surface area contributed by atoms with E-state index in [-0.39, 0.29) is 10.7 Å². The van der Waals surface area contributed by atoms with E-state index in [9.17, 15) is 14.7 Å². The minimum atomic E-state index is -1.09. The molecule has 1 atom stereocenters. The standard InChI is InChI=1S/C20H17NO4S2/c1-25-16-10-6-5-9-14(16)12-17-18(22)21(20(26)27-17)15(19(23)24)11-13-7-3-2-4-8-13/h2-10,12,15H,11H2,1H3,(H,23,24)/b17-12-/t15-/m1/s1. The van der Waals surface area contributed by atoms with Crippen LogP contribution in [-0.4, -0.2) is 39.4 Å². The summed E-state index contributed by atoms with van der Waals surface area (Å²) in [5, 5.41) is 9.69. The van der Waals surface area contributed by atoms with Gasteiger partial charge in [-0.3, -0.25) is 9.69 Å². The zero-order valence-corrected chi connectivity index (χ0v) is 16.1. The van der Waals surface area contributed by atoms with Crippen LogP contribution in [0.3, 0.4) is 0 Å². The monoisotopic (exact) mass is 399 g/mol. The Kier molecular flexibility index (Phi) is 5.93. The molecule has 0 aliphatic carbocycles. The largest absolute Gasteiger partial charge is 0.496 e. The van der Waals surface area contributed by atoms with Crippen molar-refractivity contribution in [3.05, 3.63) is 70.6 Å². The first-order valence-corrected chi connectivity index (χ1v) is 9.40. The number of hydrogen-bond donors (Lipinski definition) is 1. The van der Waals surface area contributed by atoms with Crippen molar-refractivity contribution >= 4 is 46.3 Å². The van der Waals surface area contributed by atoms with E-state index in [2.05, 4.69) is 0 Å². The molecule has 138 valence electrons. The zero-order chi connectivity index (χ0) is 19.4. The highest BCUT2D eigenvalue weighted by Crippen LogP contribution is 2.36. The van der Waals surface area contributed by atoms with Crippen molar-refractivity contribution in [1.82, 2.24) is 4.90 Å². The molecule has 2 aromatic rings. The van der Waals surface area contributed by atoms with Gasteiger partial charge >= 0.3 is 5.97 Å². The molecule has 1 saturated heterocycles. The number of thioether (sulfide) groups is 1. The number of thiocarbonyl (C=S) groups is 1. The first-order valence-electron chi connectivity index (χ1n) is 8.18. The van der Waals surface area contributed by atoms with E-state index in [1.807, 2.05) is 48.5 Å². The van der Waals surface area contributed by atoms with E-state index in [1.54, 1.807) is 19.3 Å². The second-order valence-electron chi connectivity index (χ2n) is 5.84. The van der Waals surface area contributed by atoms with Crippen molar-refractivity contribution < 1.29 is 19.4 Å². The summed E-state index contributed by atoms with van der Waals surface area (Å²) in [7, 11) is 1.55. The maximum atomic E-state index is 12.9. The van der Waals surface area contributed by atoms with Crippen molar-refractivity contribution in [2.75, 3.05) is 7.11 Å². The zero-order valence-electron chi connectivity index (χ0n) is 14.5. The molecular weight excluding hydrogens is 382 g/mol. The highest BCUT2D eigenvalue weighted by atomic mass is 32.2. The molecule has 0 saturated carbocycles. The number of benzene rings is 2. The smallest absolute Gasteiger partial charge is 0.327 e. The summed E-state index contributed by atoms with van der Waals surface area (Å²) >= 11 is 6.42. The van der Waals surface area contributed by atoms with Gasteiger partial charge in [-0.2, -0.15) is 0 Å². The van der Waals surface area contributed by atoms with Crippen LogP contribution in [0, 0.1) is 0 Å². The number of carboxylic acids is 1. The van der Waals surface area contributed by atoms with E-state index >= 15 is 0 Å². The number of rotatable bonds is 6. The summed E-state index contributed by atoms with van der Waals surface area (Å²) in [4.78, 5) is 26.3. The third kappa shape index (κ3) is 4.20. The molecule has 3 rings (SSSR count). The average molecular weight is 399 g/mol. The van der Waals surface area contributed by atoms with Gasteiger partial charge in [0.15, 0.2) is 0 Å². The lowest BCUT2D eigenvalue weighted by atomic mass is 10.0. The van der Waals surface area contributed by atoms with E-state index in [1.165, 1.54) is 4.90 Å².